The number of hydrogen-bond acceptors (Lipinski definition) is 7. The Morgan fingerprint density at radius 3 is 2.46 bits per heavy atom. The minimum absolute atomic E-state index is 0.165. The second-order valence-corrected chi connectivity index (χ2v) is 7.41. The van der Waals surface area contributed by atoms with E-state index in [1.165, 1.54) is 66.7 Å². The number of nitriles is 1. The first-order chi connectivity index (χ1) is 17.8. The summed E-state index contributed by atoms with van der Waals surface area (Å²) in [5, 5.41) is 25.5. The number of nitro benzene ring substituents is 1. The number of halogens is 1. The average molecular weight is 504 g/mol. The lowest BCUT2D eigenvalue weighted by molar-refractivity contribution is -0.384. The molecule has 37 heavy (non-hydrogen) atoms. The van der Waals surface area contributed by atoms with Crippen LogP contribution in [0.1, 0.15) is 12.5 Å². The molecule has 3 aromatic carbocycles. The molecule has 10 nitrogen and oxygen atoms in total. The zero-order valence-corrected chi connectivity index (χ0v) is 19.6. The van der Waals surface area contributed by atoms with Gasteiger partial charge in [0.1, 0.15) is 17.5 Å². The van der Waals surface area contributed by atoms with Crippen molar-refractivity contribution in [3.05, 3.63) is 93.8 Å². The summed E-state index contributed by atoms with van der Waals surface area (Å²) in [5.74, 6) is -1.11. The van der Waals surface area contributed by atoms with Crippen molar-refractivity contribution in [2.75, 3.05) is 23.8 Å². The van der Waals surface area contributed by atoms with Gasteiger partial charge < -0.3 is 20.1 Å². The van der Waals surface area contributed by atoms with Gasteiger partial charge in [0.2, 0.25) is 0 Å². The van der Waals surface area contributed by atoms with Crippen molar-refractivity contribution in [1.82, 2.24) is 0 Å². The molecule has 2 N–H and O–H groups in total. The summed E-state index contributed by atoms with van der Waals surface area (Å²) >= 11 is 0. The van der Waals surface area contributed by atoms with E-state index in [2.05, 4.69) is 10.6 Å². The third kappa shape index (κ3) is 7.63. The van der Waals surface area contributed by atoms with Crippen LogP contribution in [0.15, 0.2) is 72.3 Å². The van der Waals surface area contributed by atoms with E-state index >= 15 is 0 Å². The third-order valence-electron chi connectivity index (χ3n) is 4.75. The molecule has 2 amide bonds. The number of hydrogen-bond donors (Lipinski definition) is 2. The Morgan fingerprint density at radius 2 is 1.78 bits per heavy atom. The van der Waals surface area contributed by atoms with Crippen molar-refractivity contribution in [3.63, 3.8) is 0 Å². The van der Waals surface area contributed by atoms with Crippen LogP contribution in [0.4, 0.5) is 21.5 Å². The van der Waals surface area contributed by atoms with E-state index in [0.29, 0.717) is 11.3 Å². The van der Waals surface area contributed by atoms with Gasteiger partial charge in [0, 0.05) is 23.5 Å². The summed E-state index contributed by atoms with van der Waals surface area (Å²) < 4.78 is 24.1. The van der Waals surface area contributed by atoms with Crippen molar-refractivity contribution in [2.45, 2.75) is 6.92 Å². The standard InChI is InChI=1S/C26H21FN4O6/c1-2-36-24-13-17(6-11-23(24)37-16-25(32)29-20-9-7-19(27)8-10-20)12-18(15-28)26(33)30-21-4-3-5-22(14-21)31(34)35/h3-14H,2,16H2,1H3,(H,29,32)(H,30,33)/b18-12-. The minimum Gasteiger partial charge on any atom is -0.490 e. The molecule has 0 atom stereocenters. The van der Waals surface area contributed by atoms with Gasteiger partial charge in [0.25, 0.3) is 17.5 Å². The lowest BCUT2D eigenvalue weighted by atomic mass is 10.1. The summed E-state index contributed by atoms with van der Waals surface area (Å²) in [5.41, 5.74) is 0.563. The molecule has 0 spiro atoms. The number of carbonyl (C=O) groups excluding carboxylic acids is 2. The Kier molecular flexibility index (Phi) is 8.88. The van der Waals surface area contributed by atoms with Gasteiger partial charge in [-0.05, 0) is 61.0 Å². The van der Waals surface area contributed by atoms with E-state index in [1.54, 1.807) is 13.0 Å². The molecule has 0 unspecified atom stereocenters. The molecule has 0 bridgehead atoms. The van der Waals surface area contributed by atoms with Crippen molar-refractivity contribution < 1.29 is 28.4 Å². The molecule has 3 rings (SSSR count). The first-order valence-electron chi connectivity index (χ1n) is 10.9. The first-order valence-corrected chi connectivity index (χ1v) is 10.9. The second-order valence-electron chi connectivity index (χ2n) is 7.41. The van der Waals surface area contributed by atoms with Crippen LogP contribution in [-0.4, -0.2) is 30.0 Å². The fourth-order valence-electron chi connectivity index (χ4n) is 3.09. The smallest absolute Gasteiger partial charge is 0.271 e. The number of rotatable bonds is 10. The molecule has 3 aromatic rings. The molecule has 0 aliphatic heterocycles. The van der Waals surface area contributed by atoms with E-state index in [4.69, 9.17) is 9.47 Å². The normalized spacial score (nSPS) is 10.7. The Labute approximate surface area is 211 Å². The van der Waals surface area contributed by atoms with Gasteiger partial charge in [0.05, 0.1) is 11.5 Å². The average Bonchev–Trinajstić information content (AvgIpc) is 2.88. The Bertz CT molecular complexity index is 1380. The Balaban J connectivity index is 1.71. The third-order valence-corrected chi connectivity index (χ3v) is 4.75. The summed E-state index contributed by atoms with van der Waals surface area (Å²) in [6.07, 6.45) is 1.32. The molecular weight excluding hydrogens is 483 g/mol. The van der Waals surface area contributed by atoms with Crippen LogP contribution >= 0.6 is 0 Å². The van der Waals surface area contributed by atoms with E-state index in [-0.39, 0.29) is 41.7 Å². The zero-order valence-electron chi connectivity index (χ0n) is 19.6. The van der Waals surface area contributed by atoms with Gasteiger partial charge in [0.15, 0.2) is 18.1 Å². The maximum atomic E-state index is 13.0. The molecule has 0 aromatic heterocycles. The molecule has 0 radical (unpaired) electrons. The highest BCUT2D eigenvalue weighted by Gasteiger charge is 2.14. The lowest BCUT2D eigenvalue weighted by Gasteiger charge is -2.13. The van der Waals surface area contributed by atoms with Crippen LogP contribution in [-0.2, 0) is 9.59 Å². The molecule has 0 saturated carbocycles. The minimum atomic E-state index is -0.751. The maximum Gasteiger partial charge on any atom is 0.271 e. The lowest BCUT2D eigenvalue weighted by Crippen LogP contribution is -2.20. The van der Waals surface area contributed by atoms with Crippen LogP contribution in [0.3, 0.4) is 0 Å². The molecular formula is C26H21FN4O6. The number of ether oxygens (including phenoxy) is 2. The highest BCUT2D eigenvalue weighted by molar-refractivity contribution is 6.09. The predicted molar refractivity (Wildman–Crippen MR) is 133 cm³/mol. The zero-order chi connectivity index (χ0) is 26.8. The van der Waals surface area contributed by atoms with Gasteiger partial charge in [-0.25, -0.2) is 4.39 Å². The number of nitrogens with one attached hydrogen (secondary N) is 2. The fraction of sp³-hybridized carbons (Fsp3) is 0.115. The predicted octanol–water partition coefficient (Wildman–Crippen LogP) is 4.70. The quantitative estimate of drug-likeness (QED) is 0.176. The molecule has 0 fully saturated rings. The number of carbonyl (C=O) groups is 2. The molecule has 0 aliphatic carbocycles. The van der Waals surface area contributed by atoms with Crippen molar-refractivity contribution >= 4 is 35.0 Å². The van der Waals surface area contributed by atoms with Gasteiger partial charge in [-0.15, -0.1) is 0 Å². The Hall–Kier alpha value is -5.24. The van der Waals surface area contributed by atoms with Crippen LogP contribution in [0.25, 0.3) is 6.08 Å². The van der Waals surface area contributed by atoms with Crippen molar-refractivity contribution in [1.29, 1.82) is 5.26 Å². The second kappa shape index (κ2) is 12.5. The monoisotopic (exact) mass is 504 g/mol. The molecule has 0 aliphatic rings. The van der Waals surface area contributed by atoms with E-state index in [9.17, 15) is 29.4 Å². The SMILES string of the molecule is CCOc1cc(/C=C(/C#N)C(=O)Nc2cccc([N+](=O)[O-])c2)ccc1OCC(=O)Nc1ccc(F)cc1. The number of amides is 2. The van der Waals surface area contributed by atoms with Gasteiger partial charge in [-0.1, -0.05) is 12.1 Å². The topological polar surface area (TPSA) is 144 Å². The van der Waals surface area contributed by atoms with E-state index in [0.717, 1.165) is 0 Å². The number of nitrogens with zero attached hydrogens (tertiary/aromatic N) is 2. The number of benzene rings is 3. The first kappa shape index (κ1) is 26.4. The molecule has 11 heteroatoms. The van der Waals surface area contributed by atoms with Gasteiger partial charge in [-0.3, -0.25) is 19.7 Å². The molecule has 0 saturated heterocycles. The van der Waals surface area contributed by atoms with E-state index < -0.39 is 22.6 Å². The highest BCUT2D eigenvalue weighted by Crippen LogP contribution is 2.29. The van der Waals surface area contributed by atoms with E-state index in [1.807, 2.05) is 6.07 Å². The fourth-order valence-corrected chi connectivity index (χ4v) is 3.09. The van der Waals surface area contributed by atoms with Gasteiger partial charge in [-0.2, -0.15) is 5.26 Å². The number of anilines is 2. The van der Waals surface area contributed by atoms with Crippen LogP contribution in [0.5, 0.6) is 11.5 Å². The summed E-state index contributed by atoms with van der Waals surface area (Å²) in [7, 11) is 0. The molecule has 188 valence electrons. The van der Waals surface area contributed by atoms with Gasteiger partial charge >= 0.3 is 0 Å². The van der Waals surface area contributed by atoms with Crippen LogP contribution in [0.2, 0.25) is 0 Å². The summed E-state index contributed by atoms with van der Waals surface area (Å²) in [4.78, 5) is 35.1. The van der Waals surface area contributed by atoms with Crippen LogP contribution in [0, 0.1) is 27.3 Å². The number of nitro groups is 1. The van der Waals surface area contributed by atoms with Crippen molar-refractivity contribution in [3.8, 4) is 17.6 Å². The number of non-ortho nitro benzene ring substituents is 1. The van der Waals surface area contributed by atoms with Crippen LogP contribution < -0.4 is 20.1 Å². The largest absolute Gasteiger partial charge is 0.490 e. The summed E-state index contributed by atoms with van der Waals surface area (Å²) in [6.45, 7) is 1.69. The van der Waals surface area contributed by atoms with Crippen molar-refractivity contribution in [2.24, 2.45) is 0 Å². The Morgan fingerprint density at radius 1 is 1.03 bits per heavy atom. The summed E-state index contributed by atoms with van der Waals surface area (Å²) in [6, 6.07) is 17.0. The molecule has 0 heterocycles. The maximum absolute atomic E-state index is 13.0. The highest BCUT2D eigenvalue weighted by atomic mass is 19.1.